The monoisotopic (exact) mass is 362 g/mol. The van der Waals surface area contributed by atoms with Gasteiger partial charge in [-0.2, -0.15) is 0 Å². The summed E-state index contributed by atoms with van der Waals surface area (Å²) in [5.41, 5.74) is 0. The second kappa shape index (κ2) is 12.4. The summed E-state index contributed by atoms with van der Waals surface area (Å²) in [5.74, 6) is 0. The third-order valence-corrected chi connectivity index (χ3v) is 7.39. The molecule has 1 heterocycles. The average Bonchev–Trinajstić information content (AvgIpc) is 2.52. The quantitative estimate of drug-likeness (QED) is 0.281. The molecule has 2 unspecified atom stereocenters. The molecule has 6 heteroatoms. The highest BCUT2D eigenvalue weighted by molar-refractivity contribution is 7.80. The summed E-state index contributed by atoms with van der Waals surface area (Å²) >= 11 is 5.29. The van der Waals surface area contributed by atoms with Gasteiger partial charge in [-0.3, -0.25) is 0 Å². The molecule has 4 nitrogen and oxygen atoms in total. The van der Waals surface area contributed by atoms with Gasteiger partial charge in [-0.05, 0) is 45.3 Å². The third kappa shape index (κ3) is 9.15. The van der Waals surface area contributed by atoms with Gasteiger partial charge in [0.2, 0.25) is 0 Å². The molecule has 1 aliphatic heterocycles. The van der Waals surface area contributed by atoms with Gasteiger partial charge in [0, 0.05) is 31.8 Å². The minimum atomic E-state index is -2.48. The van der Waals surface area contributed by atoms with Crippen LogP contribution in [0, 0.1) is 0 Å². The van der Waals surface area contributed by atoms with E-state index in [4.69, 9.17) is 30.2 Å². The van der Waals surface area contributed by atoms with Crippen molar-refractivity contribution in [1.82, 2.24) is 0 Å². The highest BCUT2D eigenvalue weighted by atomic mass is 32.1. The zero-order valence-corrected chi connectivity index (χ0v) is 16.9. The Morgan fingerprint density at radius 1 is 1.17 bits per heavy atom. The lowest BCUT2D eigenvalue weighted by Gasteiger charge is -2.36. The maximum atomic E-state index is 6.03. The molecule has 0 spiro atoms. The van der Waals surface area contributed by atoms with Crippen LogP contribution >= 0.6 is 12.2 Å². The van der Waals surface area contributed by atoms with Gasteiger partial charge in [-0.1, -0.05) is 32.6 Å². The van der Waals surface area contributed by atoms with E-state index in [2.05, 4.69) is 13.8 Å². The summed E-state index contributed by atoms with van der Waals surface area (Å²) in [7, 11) is -2.48. The molecule has 0 aromatic carbocycles. The Morgan fingerprint density at radius 3 is 2.65 bits per heavy atom. The lowest BCUT2D eigenvalue weighted by atomic mass is 10.1. The van der Waals surface area contributed by atoms with Crippen molar-refractivity contribution in [2.45, 2.75) is 84.3 Å². The molecule has 136 valence electrons. The largest absolute Gasteiger partial charge is 0.501 e. The van der Waals surface area contributed by atoms with Crippen molar-refractivity contribution in [2.75, 3.05) is 19.8 Å². The summed E-state index contributed by atoms with van der Waals surface area (Å²) in [5, 5.41) is 0.743. The predicted octanol–water partition coefficient (Wildman–Crippen LogP) is 4.88. The summed E-state index contributed by atoms with van der Waals surface area (Å²) in [6, 6.07) is 0.810. The van der Waals surface area contributed by atoms with Gasteiger partial charge in [0.1, 0.15) is 0 Å². The molecule has 2 atom stereocenters. The van der Waals surface area contributed by atoms with Crippen LogP contribution < -0.4 is 0 Å². The first-order valence-corrected chi connectivity index (χ1v) is 11.6. The molecule has 0 N–H and O–H groups in total. The Kier molecular flexibility index (Phi) is 11.3. The van der Waals surface area contributed by atoms with Crippen molar-refractivity contribution in [1.29, 1.82) is 0 Å². The summed E-state index contributed by atoms with van der Waals surface area (Å²) in [6.07, 6.45) is 9.22. The summed E-state index contributed by atoms with van der Waals surface area (Å²) in [6.45, 7) is 8.32. The second-order valence-electron chi connectivity index (χ2n) is 6.17. The number of unbranched alkanes of at least 4 members (excludes halogenated alkanes) is 4. The fourth-order valence-electron chi connectivity index (χ4n) is 2.70. The lowest BCUT2D eigenvalue weighted by molar-refractivity contribution is -0.0118. The number of ether oxygens (including phenoxy) is 1. The van der Waals surface area contributed by atoms with Crippen molar-refractivity contribution >= 4 is 26.1 Å². The van der Waals surface area contributed by atoms with Crippen LogP contribution in [0.3, 0.4) is 0 Å². The fraction of sp³-hybridized carbons (Fsp3) is 0.941. The highest BCUT2D eigenvalue weighted by Gasteiger charge is 2.44. The maximum Gasteiger partial charge on any atom is 0.501 e. The van der Waals surface area contributed by atoms with E-state index in [0.717, 1.165) is 43.4 Å². The SMILES string of the molecule is CCCCCCCC(=S)OCCC[Si]1(OCC)OCCC(C)O1. The molecule has 0 amide bonds. The first-order chi connectivity index (χ1) is 11.1. The second-order valence-corrected chi connectivity index (χ2v) is 9.30. The van der Waals surface area contributed by atoms with Crippen LogP contribution in [0.1, 0.15) is 72.1 Å². The Balaban J connectivity index is 2.15. The molecular weight excluding hydrogens is 328 g/mol. The zero-order chi connectivity index (χ0) is 17.0. The summed E-state index contributed by atoms with van der Waals surface area (Å²) in [4.78, 5) is 0. The van der Waals surface area contributed by atoms with Gasteiger partial charge < -0.3 is 18.0 Å². The van der Waals surface area contributed by atoms with Crippen LogP contribution in [-0.4, -0.2) is 39.8 Å². The van der Waals surface area contributed by atoms with E-state index in [1.807, 2.05) is 6.92 Å². The standard InChI is InChI=1S/C17H34O4SSi/c1-4-6-7-8-9-11-17(22)18-13-10-15-23(19-5-2)20-14-12-16(3)21-23/h16H,4-15H2,1-3H3. The van der Waals surface area contributed by atoms with Gasteiger partial charge in [0.25, 0.3) is 0 Å². The molecule has 0 aromatic heterocycles. The lowest BCUT2D eigenvalue weighted by Crippen LogP contribution is -2.51. The Hall–Kier alpha value is -0.0131. The van der Waals surface area contributed by atoms with Gasteiger partial charge in [-0.25, -0.2) is 0 Å². The van der Waals surface area contributed by atoms with Gasteiger partial charge >= 0.3 is 8.80 Å². The molecule has 0 radical (unpaired) electrons. The summed E-state index contributed by atoms with van der Waals surface area (Å²) < 4.78 is 23.5. The van der Waals surface area contributed by atoms with Crippen molar-refractivity contribution in [3.8, 4) is 0 Å². The molecule has 1 aliphatic rings. The van der Waals surface area contributed by atoms with Gasteiger partial charge in [-0.15, -0.1) is 0 Å². The van der Waals surface area contributed by atoms with Crippen LogP contribution in [-0.2, 0) is 18.0 Å². The van der Waals surface area contributed by atoms with E-state index >= 15 is 0 Å². The normalized spacial score (nSPS) is 24.6. The number of thiocarbonyl (C=S) groups is 1. The number of hydrogen-bond donors (Lipinski definition) is 0. The Morgan fingerprint density at radius 2 is 1.96 bits per heavy atom. The van der Waals surface area contributed by atoms with E-state index in [0.29, 0.717) is 13.2 Å². The van der Waals surface area contributed by atoms with E-state index in [1.54, 1.807) is 0 Å². The van der Waals surface area contributed by atoms with Crippen molar-refractivity contribution in [3.63, 3.8) is 0 Å². The maximum absolute atomic E-state index is 6.03. The molecule has 0 aromatic rings. The average molecular weight is 363 g/mol. The highest BCUT2D eigenvalue weighted by Crippen LogP contribution is 2.25. The van der Waals surface area contributed by atoms with Crippen LogP contribution in [0.2, 0.25) is 6.04 Å². The van der Waals surface area contributed by atoms with E-state index < -0.39 is 8.80 Å². The first kappa shape index (κ1) is 21.0. The Labute approximate surface area is 148 Å². The van der Waals surface area contributed by atoms with E-state index in [1.165, 1.54) is 25.7 Å². The van der Waals surface area contributed by atoms with Crippen molar-refractivity contribution < 1.29 is 18.0 Å². The minimum Gasteiger partial charge on any atom is -0.487 e. The van der Waals surface area contributed by atoms with Crippen LogP contribution in [0.4, 0.5) is 0 Å². The van der Waals surface area contributed by atoms with Crippen molar-refractivity contribution in [3.05, 3.63) is 0 Å². The van der Waals surface area contributed by atoms with Gasteiger partial charge in [0.05, 0.1) is 6.61 Å². The first-order valence-electron chi connectivity index (χ1n) is 9.23. The molecule has 1 fully saturated rings. The van der Waals surface area contributed by atoms with E-state index in [-0.39, 0.29) is 6.10 Å². The number of rotatable bonds is 12. The Bertz CT molecular complexity index is 326. The molecule has 1 saturated heterocycles. The number of hydrogen-bond acceptors (Lipinski definition) is 5. The predicted molar refractivity (Wildman–Crippen MR) is 99.8 cm³/mol. The topological polar surface area (TPSA) is 36.9 Å². The molecule has 1 rings (SSSR count). The fourth-order valence-corrected chi connectivity index (χ4v) is 5.73. The van der Waals surface area contributed by atoms with Gasteiger partial charge in [0.15, 0.2) is 5.05 Å². The minimum absolute atomic E-state index is 0.229. The van der Waals surface area contributed by atoms with Crippen LogP contribution in [0.15, 0.2) is 0 Å². The van der Waals surface area contributed by atoms with Crippen LogP contribution in [0.25, 0.3) is 0 Å². The molecule has 23 heavy (non-hydrogen) atoms. The molecular formula is C17H34O4SSi. The molecule has 0 bridgehead atoms. The van der Waals surface area contributed by atoms with Crippen LogP contribution in [0.5, 0.6) is 0 Å². The third-order valence-electron chi connectivity index (χ3n) is 3.97. The zero-order valence-electron chi connectivity index (χ0n) is 15.1. The molecule has 0 aliphatic carbocycles. The smallest absolute Gasteiger partial charge is 0.487 e. The van der Waals surface area contributed by atoms with E-state index in [9.17, 15) is 0 Å². The van der Waals surface area contributed by atoms with Crippen molar-refractivity contribution in [2.24, 2.45) is 0 Å². The molecule has 0 saturated carbocycles.